The average Bonchev–Trinajstić information content (AvgIpc) is 2.96. The van der Waals surface area contributed by atoms with Crippen molar-refractivity contribution in [3.8, 4) is 11.5 Å². The molecule has 0 aliphatic heterocycles. The fourth-order valence-corrected chi connectivity index (χ4v) is 1.96. The van der Waals surface area contributed by atoms with Crippen LogP contribution in [0.25, 0.3) is 11.5 Å². The van der Waals surface area contributed by atoms with Crippen molar-refractivity contribution in [3.05, 3.63) is 35.7 Å². The molecule has 2 rings (SSSR count). The number of rotatable bonds is 6. The van der Waals surface area contributed by atoms with Crippen LogP contribution in [-0.4, -0.2) is 23.4 Å². The summed E-state index contributed by atoms with van der Waals surface area (Å²) in [5, 5.41) is 3.98. The van der Waals surface area contributed by atoms with Crippen LogP contribution in [0.15, 0.2) is 28.8 Å². The molecule has 0 radical (unpaired) electrons. The number of nitrogens with zero attached hydrogens (tertiary/aromatic N) is 2. The van der Waals surface area contributed by atoms with Crippen LogP contribution in [0.2, 0.25) is 0 Å². The highest BCUT2D eigenvalue weighted by Gasteiger charge is 2.28. The molecule has 0 saturated heterocycles. The van der Waals surface area contributed by atoms with Gasteiger partial charge in [0.1, 0.15) is 5.54 Å². The van der Waals surface area contributed by atoms with Gasteiger partial charge in [0.2, 0.25) is 0 Å². The van der Waals surface area contributed by atoms with Gasteiger partial charge >= 0.3 is 0 Å². The standard InChI is InChI=1S/C16H23N3O2/c1-5-20-10-16(4,17)15-18-14(21-19-15)13-8-6-12(7-9-13)11(2)3/h6-9,11H,5,10,17H2,1-4H3. The first-order valence-corrected chi connectivity index (χ1v) is 7.25. The molecule has 21 heavy (non-hydrogen) atoms. The summed E-state index contributed by atoms with van der Waals surface area (Å²) >= 11 is 0. The second kappa shape index (κ2) is 6.37. The molecule has 0 bridgehead atoms. The highest BCUT2D eigenvalue weighted by atomic mass is 16.5. The Labute approximate surface area is 125 Å². The lowest BCUT2D eigenvalue weighted by atomic mass is 10.0. The molecular formula is C16H23N3O2. The maximum atomic E-state index is 6.17. The summed E-state index contributed by atoms with van der Waals surface area (Å²) in [6, 6.07) is 8.13. The minimum absolute atomic E-state index is 0.356. The Morgan fingerprint density at radius 1 is 1.29 bits per heavy atom. The van der Waals surface area contributed by atoms with Crippen molar-refractivity contribution >= 4 is 0 Å². The van der Waals surface area contributed by atoms with E-state index in [1.54, 1.807) is 0 Å². The van der Waals surface area contributed by atoms with E-state index in [0.717, 1.165) is 5.56 Å². The molecule has 1 aromatic carbocycles. The van der Waals surface area contributed by atoms with Gasteiger partial charge in [0.15, 0.2) is 5.82 Å². The SMILES string of the molecule is CCOCC(C)(N)c1noc(-c2ccc(C(C)C)cc2)n1. The van der Waals surface area contributed by atoms with Gasteiger partial charge in [-0.3, -0.25) is 0 Å². The third kappa shape index (κ3) is 3.68. The van der Waals surface area contributed by atoms with Crippen LogP contribution in [0.4, 0.5) is 0 Å². The first-order chi connectivity index (χ1) is 9.94. The number of benzene rings is 1. The molecule has 1 heterocycles. The van der Waals surface area contributed by atoms with E-state index < -0.39 is 5.54 Å². The summed E-state index contributed by atoms with van der Waals surface area (Å²) in [6.45, 7) is 9.04. The van der Waals surface area contributed by atoms with E-state index in [1.807, 2.05) is 26.0 Å². The van der Waals surface area contributed by atoms with Crippen molar-refractivity contribution in [3.63, 3.8) is 0 Å². The zero-order chi connectivity index (χ0) is 15.5. The molecule has 0 aliphatic carbocycles. The molecule has 2 N–H and O–H groups in total. The van der Waals surface area contributed by atoms with Gasteiger partial charge < -0.3 is 15.0 Å². The lowest BCUT2D eigenvalue weighted by Gasteiger charge is -2.19. The largest absolute Gasteiger partial charge is 0.379 e. The van der Waals surface area contributed by atoms with Crippen molar-refractivity contribution in [2.75, 3.05) is 13.2 Å². The molecule has 1 aromatic heterocycles. The molecular weight excluding hydrogens is 266 g/mol. The monoisotopic (exact) mass is 289 g/mol. The van der Waals surface area contributed by atoms with Crippen molar-refractivity contribution < 1.29 is 9.26 Å². The lowest BCUT2D eigenvalue weighted by Crippen LogP contribution is -2.39. The quantitative estimate of drug-likeness (QED) is 0.884. The third-order valence-electron chi connectivity index (χ3n) is 3.37. The maximum Gasteiger partial charge on any atom is 0.257 e. The third-order valence-corrected chi connectivity index (χ3v) is 3.37. The van der Waals surface area contributed by atoms with E-state index in [2.05, 4.69) is 36.1 Å². The van der Waals surface area contributed by atoms with E-state index in [4.69, 9.17) is 15.0 Å². The van der Waals surface area contributed by atoms with Gasteiger partial charge in [0.25, 0.3) is 5.89 Å². The number of aromatic nitrogens is 2. The number of nitrogens with two attached hydrogens (primary N) is 1. The fraction of sp³-hybridized carbons (Fsp3) is 0.500. The number of hydrogen-bond donors (Lipinski definition) is 1. The highest BCUT2D eigenvalue weighted by molar-refractivity contribution is 5.53. The summed E-state index contributed by atoms with van der Waals surface area (Å²) in [6.07, 6.45) is 0. The summed E-state index contributed by atoms with van der Waals surface area (Å²) in [5.74, 6) is 1.43. The number of ether oxygens (including phenoxy) is 1. The molecule has 0 spiro atoms. The van der Waals surface area contributed by atoms with E-state index in [9.17, 15) is 0 Å². The molecule has 0 fully saturated rings. The Morgan fingerprint density at radius 3 is 2.52 bits per heavy atom. The Hall–Kier alpha value is -1.72. The molecule has 114 valence electrons. The molecule has 1 atom stereocenters. The summed E-state index contributed by atoms with van der Waals surface area (Å²) in [4.78, 5) is 4.40. The van der Waals surface area contributed by atoms with Crippen molar-refractivity contribution in [1.82, 2.24) is 10.1 Å². The Balaban J connectivity index is 2.19. The predicted molar refractivity (Wildman–Crippen MR) is 81.9 cm³/mol. The lowest BCUT2D eigenvalue weighted by molar-refractivity contribution is 0.0962. The zero-order valence-corrected chi connectivity index (χ0v) is 13.1. The van der Waals surface area contributed by atoms with Crippen molar-refractivity contribution in [1.29, 1.82) is 0 Å². The predicted octanol–water partition coefficient (Wildman–Crippen LogP) is 3.07. The first-order valence-electron chi connectivity index (χ1n) is 7.25. The fourth-order valence-electron chi connectivity index (χ4n) is 1.96. The first kappa shape index (κ1) is 15.7. The maximum absolute atomic E-state index is 6.17. The minimum Gasteiger partial charge on any atom is -0.379 e. The van der Waals surface area contributed by atoms with Crippen LogP contribution in [0.5, 0.6) is 0 Å². The van der Waals surface area contributed by atoms with Crippen molar-refractivity contribution in [2.45, 2.75) is 39.2 Å². The molecule has 1 unspecified atom stereocenters. The van der Waals surface area contributed by atoms with Gasteiger partial charge in [-0.1, -0.05) is 31.1 Å². The Kier molecular flexibility index (Phi) is 4.75. The Morgan fingerprint density at radius 2 is 1.95 bits per heavy atom. The van der Waals surface area contributed by atoms with Gasteiger partial charge in [-0.2, -0.15) is 4.98 Å². The molecule has 0 saturated carbocycles. The van der Waals surface area contributed by atoms with Crippen LogP contribution in [-0.2, 0) is 10.3 Å². The summed E-state index contributed by atoms with van der Waals surface area (Å²) in [5.41, 5.74) is 7.59. The zero-order valence-electron chi connectivity index (χ0n) is 13.1. The normalized spacial score (nSPS) is 14.4. The summed E-state index contributed by atoms with van der Waals surface area (Å²) in [7, 11) is 0. The van der Waals surface area contributed by atoms with E-state index in [1.165, 1.54) is 5.56 Å². The second-order valence-electron chi connectivity index (χ2n) is 5.75. The molecule has 0 amide bonds. The average molecular weight is 289 g/mol. The van der Waals surface area contributed by atoms with E-state index in [-0.39, 0.29) is 0 Å². The van der Waals surface area contributed by atoms with E-state index in [0.29, 0.717) is 30.8 Å². The van der Waals surface area contributed by atoms with Gasteiger partial charge in [0, 0.05) is 12.2 Å². The molecule has 5 heteroatoms. The van der Waals surface area contributed by atoms with Crippen molar-refractivity contribution in [2.24, 2.45) is 5.73 Å². The molecule has 5 nitrogen and oxygen atoms in total. The second-order valence-corrected chi connectivity index (χ2v) is 5.75. The van der Waals surface area contributed by atoms with Gasteiger partial charge in [-0.05, 0) is 37.5 Å². The van der Waals surface area contributed by atoms with Gasteiger partial charge in [0.05, 0.1) is 6.61 Å². The van der Waals surface area contributed by atoms with Crippen LogP contribution >= 0.6 is 0 Å². The Bertz CT molecular complexity index is 573. The topological polar surface area (TPSA) is 74.2 Å². The van der Waals surface area contributed by atoms with Crippen LogP contribution < -0.4 is 5.73 Å². The summed E-state index contributed by atoms with van der Waals surface area (Å²) < 4.78 is 10.7. The van der Waals surface area contributed by atoms with Crippen LogP contribution in [0, 0.1) is 0 Å². The van der Waals surface area contributed by atoms with Crippen LogP contribution in [0.3, 0.4) is 0 Å². The smallest absolute Gasteiger partial charge is 0.257 e. The van der Waals surface area contributed by atoms with Gasteiger partial charge in [-0.15, -0.1) is 0 Å². The van der Waals surface area contributed by atoms with Crippen LogP contribution in [0.1, 0.15) is 45.0 Å². The molecule has 2 aromatic rings. The van der Waals surface area contributed by atoms with Gasteiger partial charge in [-0.25, -0.2) is 0 Å². The minimum atomic E-state index is -0.754. The molecule has 0 aliphatic rings. The highest BCUT2D eigenvalue weighted by Crippen LogP contribution is 2.23. The van der Waals surface area contributed by atoms with E-state index >= 15 is 0 Å². The number of hydrogen-bond acceptors (Lipinski definition) is 5.